The maximum absolute atomic E-state index is 12.4. The van der Waals surface area contributed by atoms with Gasteiger partial charge >= 0.3 is 0 Å². The first-order valence-corrected chi connectivity index (χ1v) is 9.79. The molecule has 0 spiro atoms. The average molecular weight is 384 g/mol. The van der Waals surface area contributed by atoms with Crippen molar-refractivity contribution in [2.45, 2.75) is 19.1 Å². The van der Waals surface area contributed by atoms with Crippen LogP contribution in [0.25, 0.3) is 5.69 Å². The summed E-state index contributed by atoms with van der Waals surface area (Å²) in [6, 6.07) is 15.8. The maximum Gasteiger partial charge on any atom is 0.235 e. The van der Waals surface area contributed by atoms with E-state index in [1.165, 1.54) is 11.1 Å². The van der Waals surface area contributed by atoms with Gasteiger partial charge in [-0.25, -0.2) is 4.68 Å². The Morgan fingerprint density at radius 2 is 1.88 bits per heavy atom. The predicted octanol–water partition coefficient (Wildman–Crippen LogP) is 4.92. The van der Waals surface area contributed by atoms with Gasteiger partial charge in [0.25, 0.3) is 0 Å². The van der Waals surface area contributed by atoms with E-state index in [1.54, 1.807) is 16.4 Å². The smallest absolute Gasteiger partial charge is 0.235 e. The third-order valence-electron chi connectivity index (χ3n) is 4.55. The molecule has 4 rings (SSSR count). The number of carbonyl (C=O) groups excluding carboxylic acids is 1. The molecule has 1 aliphatic rings. The standard InChI is InChI=1S/C20H18ClN3OS/c1-12-5-3-4-6-16(12)19-18-13(2)23-24(15-9-7-14(21)8-10-15)20(18)22-17(25)11-26-19/h3-10,19H,11H2,1-2H3,(H,22,25)/t19-/m0/s1. The van der Waals surface area contributed by atoms with E-state index in [4.69, 9.17) is 16.7 Å². The number of halogens is 1. The normalized spacial score (nSPS) is 16.7. The molecule has 1 N–H and O–H groups in total. The minimum absolute atomic E-state index is 0.0116. The molecule has 132 valence electrons. The summed E-state index contributed by atoms with van der Waals surface area (Å²) in [4.78, 5) is 12.4. The predicted molar refractivity (Wildman–Crippen MR) is 107 cm³/mol. The molecule has 0 unspecified atom stereocenters. The largest absolute Gasteiger partial charge is 0.310 e. The van der Waals surface area contributed by atoms with Crippen molar-refractivity contribution in [3.8, 4) is 5.69 Å². The third kappa shape index (κ3) is 3.02. The molecule has 0 aliphatic carbocycles. The summed E-state index contributed by atoms with van der Waals surface area (Å²) in [6.07, 6.45) is 0. The number of carbonyl (C=O) groups is 1. The first-order chi connectivity index (χ1) is 12.5. The number of benzene rings is 2. The number of nitrogens with zero attached hydrogens (tertiary/aromatic N) is 2. The molecule has 6 heteroatoms. The molecule has 1 atom stereocenters. The number of thioether (sulfide) groups is 1. The molecule has 1 amide bonds. The highest BCUT2D eigenvalue weighted by molar-refractivity contribution is 8.00. The molecule has 4 nitrogen and oxygen atoms in total. The lowest BCUT2D eigenvalue weighted by Gasteiger charge is -2.17. The van der Waals surface area contributed by atoms with Gasteiger partial charge in [0.2, 0.25) is 5.91 Å². The number of hydrogen-bond donors (Lipinski definition) is 1. The molecular weight excluding hydrogens is 366 g/mol. The van der Waals surface area contributed by atoms with Gasteiger partial charge in [-0.1, -0.05) is 35.9 Å². The van der Waals surface area contributed by atoms with Crippen molar-refractivity contribution in [3.05, 3.63) is 75.9 Å². The second kappa shape index (κ2) is 6.82. The number of aryl methyl sites for hydroxylation is 2. The summed E-state index contributed by atoms with van der Waals surface area (Å²) in [5.41, 5.74) is 5.27. The number of aromatic nitrogens is 2. The van der Waals surface area contributed by atoms with Crippen LogP contribution in [0.15, 0.2) is 48.5 Å². The van der Waals surface area contributed by atoms with Gasteiger partial charge in [0, 0.05) is 10.6 Å². The van der Waals surface area contributed by atoms with Crippen LogP contribution in [0.1, 0.15) is 27.6 Å². The van der Waals surface area contributed by atoms with E-state index < -0.39 is 0 Å². The second-order valence-corrected chi connectivity index (χ2v) is 7.86. The van der Waals surface area contributed by atoms with Gasteiger partial charge in [-0.15, -0.1) is 11.8 Å². The Labute approximate surface area is 161 Å². The van der Waals surface area contributed by atoms with Crippen LogP contribution in [0.3, 0.4) is 0 Å². The Morgan fingerprint density at radius 1 is 1.15 bits per heavy atom. The van der Waals surface area contributed by atoms with Crippen molar-refractivity contribution in [1.82, 2.24) is 9.78 Å². The summed E-state index contributed by atoms with van der Waals surface area (Å²) in [5.74, 6) is 1.14. The zero-order valence-corrected chi connectivity index (χ0v) is 16.1. The minimum atomic E-state index is -0.0116. The van der Waals surface area contributed by atoms with E-state index in [-0.39, 0.29) is 11.2 Å². The third-order valence-corrected chi connectivity index (χ3v) is 6.05. The summed E-state index contributed by atoms with van der Waals surface area (Å²) < 4.78 is 1.80. The summed E-state index contributed by atoms with van der Waals surface area (Å²) in [5, 5.41) is 8.50. The number of rotatable bonds is 2. The van der Waals surface area contributed by atoms with Crippen molar-refractivity contribution in [3.63, 3.8) is 0 Å². The Morgan fingerprint density at radius 3 is 2.62 bits per heavy atom. The highest BCUT2D eigenvalue weighted by Crippen LogP contribution is 2.44. The van der Waals surface area contributed by atoms with Crippen LogP contribution in [-0.2, 0) is 4.79 Å². The SMILES string of the molecule is Cc1ccccc1[C@@H]1SCC(=O)Nc2c1c(C)nn2-c1ccc(Cl)cc1. The molecule has 1 aromatic heterocycles. The van der Waals surface area contributed by atoms with Crippen molar-refractivity contribution in [2.24, 2.45) is 0 Å². The lowest BCUT2D eigenvalue weighted by Crippen LogP contribution is -2.15. The second-order valence-electron chi connectivity index (χ2n) is 6.33. The van der Waals surface area contributed by atoms with Crippen molar-refractivity contribution < 1.29 is 4.79 Å². The average Bonchev–Trinajstić information content (AvgIpc) is 2.83. The zero-order chi connectivity index (χ0) is 18.3. The highest BCUT2D eigenvalue weighted by atomic mass is 35.5. The number of nitrogens with one attached hydrogen (secondary N) is 1. The van der Waals surface area contributed by atoms with E-state index in [1.807, 2.05) is 43.3 Å². The molecule has 0 saturated heterocycles. The zero-order valence-electron chi connectivity index (χ0n) is 14.5. The van der Waals surface area contributed by atoms with Crippen molar-refractivity contribution in [2.75, 3.05) is 11.1 Å². The summed E-state index contributed by atoms with van der Waals surface area (Å²) in [7, 11) is 0. The van der Waals surface area contributed by atoms with Crippen molar-refractivity contribution in [1.29, 1.82) is 0 Å². The van der Waals surface area contributed by atoms with Crippen LogP contribution >= 0.6 is 23.4 Å². The van der Waals surface area contributed by atoms with E-state index >= 15 is 0 Å². The lowest BCUT2D eigenvalue weighted by molar-refractivity contribution is -0.113. The molecule has 26 heavy (non-hydrogen) atoms. The van der Waals surface area contributed by atoms with E-state index in [0.717, 1.165) is 22.8 Å². The number of amides is 1. The van der Waals surface area contributed by atoms with Gasteiger partial charge in [-0.3, -0.25) is 4.79 Å². The highest BCUT2D eigenvalue weighted by Gasteiger charge is 2.31. The van der Waals surface area contributed by atoms with Crippen LogP contribution in [-0.4, -0.2) is 21.4 Å². The quantitative estimate of drug-likeness (QED) is 0.683. The Hall–Kier alpha value is -2.24. The molecule has 3 aromatic rings. The fourth-order valence-corrected chi connectivity index (χ4v) is 4.69. The molecule has 2 aromatic carbocycles. The Balaban J connectivity index is 1.91. The van der Waals surface area contributed by atoms with Crippen LogP contribution in [0.5, 0.6) is 0 Å². The van der Waals surface area contributed by atoms with Gasteiger partial charge in [-0.2, -0.15) is 5.10 Å². The first kappa shape index (κ1) is 17.2. The van der Waals surface area contributed by atoms with Gasteiger partial charge in [0.05, 0.1) is 22.4 Å². The summed E-state index contributed by atoms with van der Waals surface area (Å²) >= 11 is 7.66. The Kier molecular flexibility index (Phi) is 4.51. The van der Waals surface area contributed by atoms with Gasteiger partial charge in [0.1, 0.15) is 5.82 Å². The molecular formula is C20H18ClN3OS. The van der Waals surface area contributed by atoms with Crippen molar-refractivity contribution >= 4 is 35.1 Å². The number of fused-ring (bicyclic) bond motifs is 1. The maximum atomic E-state index is 12.4. The fraction of sp³-hybridized carbons (Fsp3) is 0.200. The van der Waals surface area contributed by atoms with Crippen LogP contribution in [0, 0.1) is 13.8 Å². The monoisotopic (exact) mass is 383 g/mol. The molecule has 0 radical (unpaired) electrons. The molecule has 0 saturated carbocycles. The van der Waals surface area contributed by atoms with E-state index in [0.29, 0.717) is 10.8 Å². The lowest BCUT2D eigenvalue weighted by atomic mass is 10.00. The topological polar surface area (TPSA) is 46.9 Å². The van der Waals surface area contributed by atoms with Gasteiger partial charge in [-0.05, 0) is 49.2 Å². The van der Waals surface area contributed by atoms with E-state index in [9.17, 15) is 4.79 Å². The minimum Gasteiger partial charge on any atom is -0.310 e. The van der Waals surface area contributed by atoms with E-state index in [2.05, 4.69) is 24.4 Å². The van der Waals surface area contributed by atoms with Gasteiger partial charge in [0.15, 0.2) is 0 Å². The number of hydrogen-bond acceptors (Lipinski definition) is 3. The Bertz CT molecular complexity index is 981. The molecule has 2 heterocycles. The van der Waals surface area contributed by atoms with Crippen LogP contribution < -0.4 is 5.32 Å². The number of anilines is 1. The first-order valence-electron chi connectivity index (χ1n) is 8.37. The molecule has 0 bridgehead atoms. The molecule has 0 fully saturated rings. The van der Waals surface area contributed by atoms with Crippen LogP contribution in [0.4, 0.5) is 5.82 Å². The molecule has 1 aliphatic heterocycles. The summed E-state index contributed by atoms with van der Waals surface area (Å²) in [6.45, 7) is 4.10. The van der Waals surface area contributed by atoms with Crippen LogP contribution in [0.2, 0.25) is 5.02 Å². The fourth-order valence-electron chi connectivity index (χ4n) is 3.28. The van der Waals surface area contributed by atoms with Gasteiger partial charge < -0.3 is 5.32 Å².